The third kappa shape index (κ3) is 3.49. The zero-order chi connectivity index (χ0) is 14.6. The van der Waals surface area contributed by atoms with E-state index in [9.17, 15) is 13.2 Å². The first-order valence-corrected chi connectivity index (χ1v) is 6.86. The summed E-state index contributed by atoms with van der Waals surface area (Å²) in [6, 6.07) is 3.45. The van der Waals surface area contributed by atoms with E-state index in [1.165, 1.54) is 44.2 Å². The number of hydrogen-bond acceptors (Lipinski definition) is 5. The fourth-order valence-electron chi connectivity index (χ4n) is 1.43. The number of nitriles is 1. The Morgan fingerprint density at radius 3 is 2.68 bits per heavy atom. The molecule has 0 fully saturated rings. The first-order chi connectivity index (χ1) is 8.79. The number of carbonyl (C=O) groups excluding carboxylic acids is 1. The second kappa shape index (κ2) is 5.77. The second-order valence-electron chi connectivity index (χ2n) is 4.04. The van der Waals surface area contributed by atoms with E-state index >= 15 is 0 Å². The van der Waals surface area contributed by atoms with Crippen molar-refractivity contribution in [2.75, 3.05) is 14.1 Å². The highest BCUT2D eigenvalue weighted by molar-refractivity contribution is 7.89. The Bertz CT molecular complexity index is 619. The smallest absolute Gasteiger partial charge is 0.244 e. The van der Waals surface area contributed by atoms with Crippen molar-refractivity contribution in [3.8, 4) is 6.07 Å². The molecule has 1 heterocycles. The van der Waals surface area contributed by atoms with Gasteiger partial charge in [0.25, 0.3) is 0 Å². The largest absolute Gasteiger partial charge is 0.347 e. The molecular weight excluding hydrogens is 268 g/mol. The fourth-order valence-corrected chi connectivity index (χ4v) is 2.73. The van der Waals surface area contributed by atoms with Crippen molar-refractivity contribution in [2.24, 2.45) is 0 Å². The molecule has 1 aromatic heterocycles. The van der Waals surface area contributed by atoms with Crippen LogP contribution in [0.1, 0.15) is 12.6 Å². The van der Waals surface area contributed by atoms with Gasteiger partial charge in [0.15, 0.2) is 5.69 Å². The average molecular weight is 282 g/mol. The summed E-state index contributed by atoms with van der Waals surface area (Å²) in [7, 11) is -0.912. The van der Waals surface area contributed by atoms with Crippen LogP contribution < -0.4 is 4.72 Å². The van der Waals surface area contributed by atoms with Crippen LogP contribution in [0.5, 0.6) is 0 Å². The molecule has 0 aliphatic carbocycles. The molecule has 1 rings (SSSR count). The third-order valence-electron chi connectivity index (χ3n) is 2.31. The molecule has 102 valence electrons. The summed E-state index contributed by atoms with van der Waals surface area (Å²) in [6.45, 7) is 1.43. The summed E-state index contributed by atoms with van der Waals surface area (Å²) in [6.07, 6.45) is 1.33. The van der Waals surface area contributed by atoms with Crippen LogP contribution in [-0.4, -0.2) is 44.3 Å². The van der Waals surface area contributed by atoms with Gasteiger partial charge in [0.2, 0.25) is 15.9 Å². The molecule has 1 amide bonds. The summed E-state index contributed by atoms with van der Waals surface area (Å²) < 4.78 is 26.4. The zero-order valence-corrected chi connectivity index (χ0v) is 11.6. The minimum absolute atomic E-state index is 0.209. The van der Waals surface area contributed by atoms with Crippen molar-refractivity contribution < 1.29 is 13.2 Å². The lowest BCUT2D eigenvalue weighted by atomic mass is 10.3. The summed E-state index contributed by atoms with van der Waals surface area (Å²) in [4.78, 5) is 16.3. The standard InChI is InChI=1S/C11H14N4O3S/c1-8(11(16)15(2)3)14-19(17,18)10-5-4-6-13-9(10)7-12/h4-6,8,14H,1-3H3. The molecule has 0 radical (unpaired) electrons. The van der Waals surface area contributed by atoms with Crippen LogP contribution in [0.4, 0.5) is 0 Å². The van der Waals surface area contributed by atoms with E-state index < -0.39 is 16.1 Å². The molecule has 1 unspecified atom stereocenters. The lowest BCUT2D eigenvalue weighted by molar-refractivity contribution is -0.130. The zero-order valence-electron chi connectivity index (χ0n) is 10.8. The van der Waals surface area contributed by atoms with E-state index in [-0.39, 0.29) is 16.5 Å². The molecule has 7 nitrogen and oxygen atoms in total. The molecule has 0 saturated heterocycles. The quantitative estimate of drug-likeness (QED) is 0.817. The predicted molar refractivity (Wildman–Crippen MR) is 67.4 cm³/mol. The lowest BCUT2D eigenvalue weighted by Gasteiger charge is -2.18. The van der Waals surface area contributed by atoms with E-state index in [1.807, 2.05) is 0 Å². The molecule has 0 bridgehead atoms. The molecule has 1 N–H and O–H groups in total. The Kier molecular flexibility index (Phi) is 4.58. The molecular formula is C11H14N4O3S. The van der Waals surface area contributed by atoms with Gasteiger partial charge in [-0.05, 0) is 19.1 Å². The summed E-state index contributed by atoms with van der Waals surface area (Å²) in [5.74, 6) is -0.383. The van der Waals surface area contributed by atoms with Crippen LogP contribution in [0.3, 0.4) is 0 Å². The number of aromatic nitrogens is 1. The van der Waals surface area contributed by atoms with Gasteiger partial charge in [0.05, 0.1) is 6.04 Å². The van der Waals surface area contributed by atoms with Crippen LogP contribution in [0.15, 0.2) is 23.2 Å². The highest BCUT2D eigenvalue weighted by Crippen LogP contribution is 2.12. The minimum atomic E-state index is -3.96. The molecule has 0 aliphatic heterocycles. The van der Waals surface area contributed by atoms with Gasteiger partial charge < -0.3 is 4.90 Å². The van der Waals surface area contributed by atoms with E-state index in [1.54, 1.807) is 6.07 Å². The van der Waals surface area contributed by atoms with Crippen molar-refractivity contribution in [2.45, 2.75) is 17.9 Å². The topological polar surface area (TPSA) is 103 Å². The first kappa shape index (κ1) is 15.1. The van der Waals surface area contributed by atoms with Crippen molar-refractivity contribution >= 4 is 15.9 Å². The molecule has 0 aliphatic rings. The Labute approximate surface area is 111 Å². The maximum absolute atomic E-state index is 12.1. The minimum Gasteiger partial charge on any atom is -0.347 e. The Hall–Kier alpha value is -1.98. The number of sulfonamides is 1. The average Bonchev–Trinajstić information content (AvgIpc) is 2.37. The number of pyridine rings is 1. The van der Waals surface area contributed by atoms with Crippen LogP contribution in [0.25, 0.3) is 0 Å². The van der Waals surface area contributed by atoms with Crippen LogP contribution in [-0.2, 0) is 14.8 Å². The Balaban J connectivity index is 3.07. The number of hydrogen-bond donors (Lipinski definition) is 1. The van der Waals surface area contributed by atoms with Gasteiger partial charge in [-0.3, -0.25) is 4.79 Å². The van der Waals surface area contributed by atoms with Crippen molar-refractivity contribution in [3.63, 3.8) is 0 Å². The SMILES string of the molecule is CC(NS(=O)(=O)c1cccnc1C#N)C(=O)N(C)C. The first-order valence-electron chi connectivity index (χ1n) is 5.38. The number of amides is 1. The predicted octanol–water partition coefficient (Wildman–Crippen LogP) is -0.292. The Morgan fingerprint density at radius 1 is 1.53 bits per heavy atom. The van der Waals surface area contributed by atoms with Crippen LogP contribution in [0.2, 0.25) is 0 Å². The number of nitrogens with zero attached hydrogens (tertiary/aromatic N) is 3. The third-order valence-corrected chi connectivity index (χ3v) is 3.88. The van der Waals surface area contributed by atoms with Crippen molar-refractivity contribution in [1.29, 1.82) is 5.26 Å². The van der Waals surface area contributed by atoms with Gasteiger partial charge >= 0.3 is 0 Å². The number of nitrogens with one attached hydrogen (secondary N) is 1. The van der Waals surface area contributed by atoms with Gasteiger partial charge in [-0.2, -0.15) is 9.98 Å². The molecule has 0 saturated carbocycles. The normalized spacial score (nSPS) is 12.5. The van der Waals surface area contributed by atoms with Gasteiger partial charge in [0, 0.05) is 20.3 Å². The van der Waals surface area contributed by atoms with Gasteiger partial charge in [-0.15, -0.1) is 0 Å². The molecule has 0 aromatic carbocycles. The van der Waals surface area contributed by atoms with Crippen LogP contribution >= 0.6 is 0 Å². The van der Waals surface area contributed by atoms with Crippen molar-refractivity contribution in [3.05, 3.63) is 24.0 Å². The maximum atomic E-state index is 12.1. The van der Waals surface area contributed by atoms with Gasteiger partial charge in [-0.25, -0.2) is 13.4 Å². The highest BCUT2D eigenvalue weighted by atomic mass is 32.2. The lowest BCUT2D eigenvalue weighted by Crippen LogP contribution is -2.44. The maximum Gasteiger partial charge on any atom is 0.244 e. The highest BCUT2D eigenvalue weighted by Gasteiger charge is 2.25. The molecule has 8 heteroatoms. The summed E-state index contributed by atoms with van der Waals surface area (Å²) >= 11 is 0. The Morgan fingerprint density at radius 2 is 2.16 bits per heavy atom. The monoisotopic (exact) mass is 282 g/mol. The number of carbonyl (C=O) groups is 1. The van der Waals surface area contributed by atoms with Crippen molar-refractivity contribution in [1.82, 2.24) is 14.6 Å². The molecule has 1 atom stereocenters. The molecule has 0 spiro atoms. The van der Waals surface area contributed by atoms with E-state index in [0.717, 1.165) is 0 Å². The molecule has 1 aromatic rings. The number of rotatable bonds is 4. The van der Waals surface area contributed by atoms with Crippen LogP contribution in [0, 0.1) is 11.3 Å². The summed E-state index contributed by atoms with van der Waals surface area (Å²) in [5, 5.41) is 8.83. The summed E-state index contributed by atoms with van der Waals surface area (Å²) in [5.41, 5.74) is -0.209. The van der Waals surface area contributed by atoms with E-state index in [4.69, 9.17) is 5.26 Å². The van der Waals surface area contributed by atoms with E-state index in [0.29, 0.717) is 0 Å². The second-order valence-corrected chi connectivity index (χ2v) is 5.72. The van der Waals surface area contributed by atoms with Gasteiger partial charge in [-0.1, -0.05) is 0 Å². The fraction of sp³-hybridized carbons (Fsp3) is 0.364. The van der Waals surface area contributed by atoms with E-state index in [2.05, 4.69) is 9.71 Å². The number of likely N-dealkylation sites (N-methyl/N-ethyl adjacent to an activating group) is 1. The van der Waals surface area contributed by atoms with Gasteiger partial charge in [0.1, 0.15) is 11.0 Å². The molecule has 19 heavy (non-hydrogen) atoms.